The standard InChI is InChI=1S/C14H21N3O5S2/c1-15-14(20)12-6-11(8-23-12)24(21,22)16-7-10-4-3-9(17(10)2)5-13(18)19/h6,8-10,16H,3-5,7H2,1-2H3,(H,15,20)(H,18,19)/t9-,10+/m1/s1. The van der Waals surface area contributed by atoms with Crippen molar-refractivity contribution in [2.75, 3.05) is 20.6 Å². The number of likely N-dealkylation sites (N-methyl/N-ethyl adjacent to an activating group) is 1. The third-order valence-electron chi connectivity index (χ3n) is 4.24. The van der Waals surface area contributed by atoms with Gasteiger partial charge in [-0.2, -0.15) is 0 Å². The lowest BCUT2D eigenvalue weighted by Crippen LogP contribution is -2.41. The second kappa shape index (κ2) is 7.60. The largest absolute Gasteiger partial charge is 0.481 e. The number of sulfonamides is 1. The first kappa shape index (κ1) is 18.8. The zero-order valence-corrected chi connectivity index (χ0v) is 15.1. The van der Waals surface area contributed by atoms with Gasteiger partial charge in [0.1, 0.15) is 0 Å². The molecule has 24 heavy (non-hydrogen) atoms. The summed E-state index contributed by atoms with van der Waals surface area (Å²) in [6.45, 7) is 0.208. The van der Waals surface area contributed by atoms with Crippen LogP contribution in [0.3, 0.4) is 0 Å². The maximum Gasteiger partial charge on any atom is 0.304 e. The number of carboxylic acid groups (broad SMARTS) is 1. The van der Waals surface area contributed by atoms with E-state index in [1.54, 1.807) is 0 Å². The van der Waals surface area contributed by atoms with Gasteiger partial charge in [-0.15, -0.1) is 11.3 Å². The molecule has 0 saturated carbocycles. The van der Waals surface area contributed by atoms with Crippen LogP contribution >= 0.6 is 11.3 Å². The minimum Gasteiger partial charge on any atom is -0.481 e. The van der Waals surface area contributed by atoms with E-state index in [2.05, 4.69) is 10.0 Å². The predicted octanol–water partition coefficient (Wildman–Crippen LogP) is 0.324. The molecule has 134 valence electrons. The molecule has 3 N–H and O–H groups in total. The van der Waals surface area contributed by atoms with E-state index in [0.717, 1.165) is 24.2 Å². The van der Waals surface area contributed by atoms with Gasteiger partial charge in [0.25, 0.3) is 5.91 Å². The Morgan fingerprint density at radius 3 is 2.67 bits per heavy atom. The van der Waals surface area contributed by atoms with Gasteiger partial charge in [-0.1, -0.05) is 0 Å². The summed E-state index contributed by atoms with van der Waals surface area (Å²) in [7, 11) is -0.398. The summed E-state index contributed by atoms with van der Waals surface area (Å²) in [5.41, 5.74) is 0. The molecule has 1 aliphatic rings. The van der Waals surface area contributed by atoms with Crippen molar-refractivity contribution in [1.29, 1.82) is 0 Å². The molecule has 1 fully saturated rings. The average Bonchev–Trinajstić information content (AvgIpc) is 3.13. The van der Waals surface area contributed by atoms with Crippen molar-refractivity contribution in [3.05, 3.63) is 16.3 Å². The van der Waals surface area contributed by atoms with Crippen molar-refractivity contribution >= 4 is 33.2 Å². The molecular weight excluding hydrogens is 354 g/mol. The molecule has 10 heteroatoms. The van der Waals surface area contributed by atoms with Crippen LogP contribution in [0.5, 0.6) is 0 Å². The Bertz CT molecular complexity index is 716. The number of likely N-dealkylation sites (tertiary alicyclic amines) is 1. The maximum atomic E-state index is 12.3. The minimum absolute atomic E-state index is 0.0406. The zero-order chi connectivity index (χ0) is 17.9. The molecule has 2 rings (SSSR count). The number of aliphatic carboxylic acids is 1. The molecule has 1 amide bonds. The number of thiophene rings is 1. The Labute approximate surface area is 144 Å². The summed E-state index contributed by atoms with van der Waals surface area (Å²) in [4.78, 5) is 24.7. The van der Waals surface area contributed by atoms with Crippen molar-refractivity contribution in [2.45, 2.75) is 36.2 Å². The highest BCUT2D eigenvalue weighted by Gasteiger charge is 2.32. The van der Waals surface area contributed by atoms with Gasteiger partial charge in [0.05, 0.1) is 16.2 Å². The van der Waals surface area contributed by atoms with Crippen LogP contribution in [-0.4, -0.2) is 63.0 Å². The highest BCUT2D eigenvalue weighted by Crippen LogP contribution is 2.25. The smallest absolute Gasteiger partial charge is 0.304 e. The Morgan fingerprint density at radius 1 is 1.38 bits per heavy atom. The molecule has 0 aliphatic carbocycles. The second-order valence-corrected chi connectivity index (χ2v) is 8.40. The lowest BCUT2D eigenvalue weighted by Gasteiger charge is -2.24. The molecule has 1 aromatic rings. The highest BCUT2D eigenvalue weighted by atomic mass is 32.2. The van der Waals surface area contributed by atoms with Crippen LogP contribution in [0, 0.1) is 0 Å². The highest BCUT2D eigenvalue weighted by molar-refractivity contribution is 7.89. The van der Waals surface area contributed by atoms with Crippen molar-refractivity contribution < 1.29 is 23.1 Å². The van der Waals surface area contributed by atoms with E-state index in [-0.39, 0.29) is 35.9 Å². The number of hydrogen-bond donors (Lipinski definition) is 3. The Morgan fingerprint density at radius 2 is 2.04 bits per heavy atom. The monoisotopic (exact) mass is 375 g/mol. The Kier molecular flexibility index (Phi) is 5.97. The molecule has 0 bridgehead atoms. The molecule has 1 aliphatic heterocycles. The lowest BCUT2D eigenvalue weighted by molar-refractivity contribution is -0.138. The van der Waals surface area contributed by atoms with E-state index in [1.165, 1.54) is 18.5 Å². The third kappa shape index (κ3) is 4.32. The van der Waals surface area contributed by atoms with Crippen LogP contribution in [0.15, 0.2) is 16.3 Å². The fourth-order valence-electron chi connectivity index (χ4n) is 2.78. The zero-order valence-electron chi connectivity index (χ0n) is 13.5. The molecule has 0 radical (unpaired) electrons. The van der Waals surface area contributed by atoms with Gasteiger partial charge in [-0.25, -0.2) is 13.1 Å². The first-order chi connectivity index (χ1) is 11.2. The normalized spacial score (nSPS) is 21.8. The van der Waals surface area contributed by atoms with Crippen molar-refractivity contribution in [1.82, 2.24) is 14.9 Å². The number of rotatable bonds is 7. The van der Waals surface area contributed by atoms with Gasteiger partial charge >= 0.3 is 5.97 Å². The molecule has 0 spiro atoms. The van der Waals surface area contributed by atoms with Gasteiger partial charge < -0.3 is 10.4 Å². The Hall–Kier alpha value is -1.49. The van der Waals surface area contributed by atoms with Crippen LogP contribution in [0.25, 0.3) is 0 Å². The van der Waals surface area contributed by atoms with Crippen molar-refractivity contribution in [3.8, 4) is 0 Å². The molecule has 0 aromatic carbocycles. The van der Waals surface area contributed by atoms with Gasteiger partial charge in [0.2, 0.25) is 10.0 Å². The van der Waals surface area contributed by atoms with E-state index in [9.17, 15) is 18.0 Å². The van der Waals surface area contributed by atoms with Crippen molar-refractivity contribution in [3.63, 3.8) is 0 Å². The van der Waals surface area contributed by atoms with Crippen molar-refractivity contribution in [2.24, 2.45) is 0 Å². The topological polar surface area (TPSA) is 116 Å². The molecule has 2 atom stereocenters. The van der Waals surface area contributed by atoms with Crippen LogP contribution in [-0.2, 0) is 14.8 Å². The van der Waals surface area contributed by atoms with Gasteiger partial charge in [-0.3, -0.25) is 14.5 Å². The predicted molar refractivity (Wildman–Crippen MR) is 89.7 cm³/mol. The summed E-state index contributed by atoms with van der Waals surface area (Å²) in [5, 5.41) is 12.8. The number of carbonyl (C=O) groups is 2. The summed E-state index contributed by atoms with van der Waals surface area (Å²) in [5.74, 6) is -1.18. The lowest BCUT2D eigenvalue weighted by atomic mass is 10.1. The number of nitrogens with one attached hydrogen (secondary N) is 2. The van der Waals surface area contributed by atoms with E-state index in [4.69, 9.17) is 5.11 Å². The van der Waals surface area contributed by atoms with Crippen LogP contribution < -0.4 is 10.0 Å². The van der Waals surface area contributed by atoms with E-state index < -0.39 is 16.0 Å². The SMILES string of the molecule is CNC(=O)c1cc(S(=O)(=O)NC[C@@H]2CC[C@H](CC(=O)O)N2C)cs1. The van der Waals surface area contributed by atoms with Gasteiger partial charge in [0, 0.05) is 31.1 Å². The first-order valence-corrected chi connectivity index (χ1v) is 9.85. The van der Waals surface area contributed by atoms with Gasteiger partial charge in [-0.05, 0) is 26.0 Å². The quantitative estimate of drug-likeness (QED) is 0.632. The number of carbonyl (C=O) groups excluding carboxylic acids is 1. The summed E-state index contributed by atoms with van der Waals surface area (Å²) < 4.78 is 27.2. The van der Waals surface area contributed by atoms with E-state index >= 15 is 0 Å². The summed E-state index contributed by atoms with van der Waals surface area (Å²) in [6, 6.07) is 1.23. The number of carboxylic acids is 1. The molecule has 0 unspecified atom stereocenters. The van der Waals surface area contributed by atoms with Crippen LogP contribution in [0.1, 0.15) is 28.9 Å². The summed E-state index contributed by atoms with van der Waals surface area (Å²) in [6.07, 6.45) is 1.53. The summed E-state index contributed by atoms with van der Waals surface area (Å²) >= 11 is 1.07. The van der Waals surface area contributed by atoms with E-state index in [0.29, 0.717) is 4.88 Å². The molecule has 2 heterocycles. The fourth-order valence-corrected chi connectivity index (χ4v) is 5.07. The molecule has 1 saturated heterocycles. The van der Waals surface area contributed by atoms with Crippen LogP contribution in [0.2, 0.25) is 0 Å². The van der Waals surface area contributed by atoms with Gasteiger partial charge in [0.15, 0.2) is 0 Å². The van der Waals surface area contributed by atoms with Crippen LogP contribution in [0.4, 0.5) is 0 Å². The number of amides is 1. The minimum atomic E-state index is -3.70. The second-order valence-electron chi connectivity index (χ2n) is 5.73. The third-order valence-corrected chi connectivity index (χ3v) is 6.72. The number of nitrogens with zero attached hydrogens (tertiary/aromatic N) is 1. The Balaban J connectivity index is 1.97. The molecule has 1 aromatic heterocycles. The average molecular weight is 375 g/mol. The first-order valence-electron chi connectivity index (χ1n) is 7.48. The molecular formula is C14H21N3O5S2. The fraction of sp³-hybridized carbons (Fsp3) is 0.571. The van der Waals surface area contributed by atoms with E-state index in [1.807, 2.05) is 11.9 Å². The molecule has 8 nitrogen and oxygen atoms in total. The number of hydrogen-bond acceptors (Lipinski definition) is 6. The maximum absolute atomic E-state index is 12.3.